The first-order valence-electron chi connectivity index (χ1n) is 7.69. The molecular weight excluding hydrogens is 288 g/mol. The Balaban J connectivity index is 1.78. The molecule has 1 fully saturated rings. The second kappa shape index (κ2) is 6.21. The van der Waals surface area contributed by atoms with Gasteiger partial charge in [-0.2, -0.15) is 5.26 Å². The van der Waals surface area contributed by atoms with Gasteiger partial charge in [0.05, 0.1) is 18.2 Å². The summed E-state index contributed by atoms with van der Waals surface area (Å²) in [5.41, 5.74) is 2.51. The lowest BCUT2D eigenvalue weighted by Crippen LogP contribution is -2.16. The van der Waals surface area contributed by atoms with E-state index in [0.717, 1.165) is 29.7 Å². The summed E-state index contributed by atoms with van der Waals surface area (Å²) in [5.74, 6) is 0.979. The molecule has 4 heteroatoms. The van der Waals surface area contributed by atoms with Gasteiger partial charge in [-0.15, -0.1) is 0 Å². The maximum absolute atomic E-state index is 11.4. The summed E-state index contributed by atoms with van der Waals surface area (Å²) in [7, 11) is 0. The van der Waals surface area contributed by atoms with E-state index in [1.807, 2.05) is 18.2 Å². The zero-order valence-electron chi connectivity index (χ0n) is 13.1. The molecule has 116 valence electrons. The molecule has 0 unspecified atom stereocenters. The molecule has 0 atom stereocenters. The van der Waals surface area contributed by atoms with Crippen LogP contribution in [0.15, 0.2) is 42.7 Å². The number of aromatic nitrogens is 1. The summed E-state index contributed by atoms with van der Waals surface area (Å²) in [5, 5.41) is 8.89. The van der Waals surface area contributed by atoms with Crippen LogP contribution in [0.2, 0.25) is 0 Å². The van der Waals surface area contributed by atoms with Gasteiger partial charge in [0, 0.05) is 29.8 Å². The molecule has 0 amide bonds. The number of hydrogen-bond donors (Lipinski definition) is 0. The first-order chi connectivity index (χ1) is 11.1. The van der Waals surface area contributed by atoms with Gasteiger partial charge in [0.1, 0.15) is 11.5 Å². The van der Waals surface area contributed by atoms with Crippen molar-refractivity contribution >= 4 is 5.78 Å². The first kappa shape index (κ1) is 15.2. The highest BCUT2D eigenvalue weighted by molar-refractivity contribution is 5.76. The van der Waals surface area contributed by atoms with Crippen LogP contribution in [0, 0.1) is 16.7 Å². The second-order valence-electron chi connectivity index (χ2n) is 6.23. The largest absolute Gasteiger partial charge is 0.492 e. The van der Waals surface area contributed by atoms with Crippen molar-refractivity contribution in [1.82, 2.24) is 4.98 Å². The summed E-state index contributed by atoms with van der Waals surface area (Å²) in [4.78, 5) is 15.5. The topological polar surface area (TPSA) is 63.0 Å². The third-order valence-corrected chi connectivity index (χ3v) is 4.22. The number of ketones is 1. The van der Waals surface area contributed by atoms with Crippen LogP contribution in [-0.4, -0.2) is 17.4 Å². The summed E-state index contributed by atoms with van der Waals surface area (Å²) in [6.45, 7) is 2.19. The van der Waals surface area contributed by atoms with Crippen LogP contribution in [-0.2, 0) is 4.79 Å². The zero-order chi connectivity index (χ0) is 16.3. The van der Waals surface area contributed by atoms with Crippen molar-refractivity contribution in [3.05, 3.63) is 48.3 Å². The van der Waals surface area contributed by atoms with E-state index in [1.54, 1.807) is 31.5 Å². The molecule has 1 saturated carbocycles. The predicted octanol–water partition coefficient (Wildman–Crippen LogP) is 3.76. The molecule has 23 heavy (non-hydrogen) atoms. The van der Waals surface area contributed by atoms with Gasteiger partial charge in [-0.1, -0.05) is 12.1 Å². The molecule has 4 nitrogen and oxygen atoms in total. The predicted molar refractivity (Wildman–Crippen MR) is 86.8 cm³/mol. The lowest BCUT2D eigenvalue weighted by molar-refractivity contribution is -0.118. The maximum atomic E-state index is 11.4. The van der Waals surface area contributed by atoms with Gasteiger partial charge in [0.15, 0.2) is 0 Å². The minimum atomic E-state index is 0.0248. The quantitative estimate of drug-likeness (QED) is 0.815. The smallest absolute Gasteiger partial charge is 0.130 e. The fourth-order valence-corrected chi connectivity index (χ4v) is 2.76. The standard InChI is InChI=1S/C19H18N2O2/c1-14(22)10-19(7-8-19)13-23-18-6-9-21-12-17(18)16-4-2-15(11-20)3-5-16/h2-6,9,12H,7-8,10,13H2,1H3. The van der Waals surface area contributed by atoms with Crippen LogP contribution >= 0.6 is 0 Å². The number of carbonyl (C=O) groups is 1. The van der Waals surface area contributed by atoms with Crippen molar-refractivity contribution in [2.45, 2.75) is 26.2 Å². The van der Waals surface area contributed by atoms with Gasteiger partial charge in [0.25, 0.3) is 0 Å². The van der Waals surface area contributed by atoms with E-state index in [4.69, 9.17) is 10.00 Å². The number of ether oxygens (including phenoxy) is 1. The Labute approximate surface area is 135 Å². The minimum absolute atomic E-state index is 0.0248. The lowest BCUT2D eigenvalue weighted by atomic mass is 10.0. The number of rotatable bonds is 6. The van der Waals surface area contributed by atoms with Crippen molar-refractivity contribution < 1.29 is 9.53 Å². The van der Waals surface area contributed by atoms with Gasteiger partial charge in [-0.25, -0.2) is 0 Å². The summed E-state index contributed by atoms with van der Waals surface area (Å²) >= 11 is 0. The Hall–Kier alpha value is -2.67. The molecule has 1 aromatic carbocycles. The Morgan fingerprint density at radius 3 is 2.65 bits per heavy atom. The maximum Gasteiger partial charge on any atom is 0.130 e. The van der Waals surface area contributed by atoms with Crippen LogP contribution in [0.4, 0.5) is 0 Å². The van der Waals surface area contributed by atoms with Crippen molar-refractivity contribution in [2.75, 3.05) is 6.61 Å². The van der Waals surface area contributed by atoms with E-state index < -0.39 is 0 Å². The summed E-state index contributed by atoms with van der Waals surface area (Å²) in [6, 6.07) is 11.3. The fourth-order valence-electron chi connectivity index (χ4n) is 2.76. The highest BCUT2D eigenvalue weighted by atomic mass is 16.5. The van der Waals surface area contributed by atoms with Crippen molar-refractivity contribution in [2.24, 2.45) is 5.41 Å². The number of benzene rings is 1. The molecule has 1 heterocycles. The van der Waals surface area contributed by atoms with E-state index in [-0.39, 0.29) is 11.2 Å². The van der Waals surface area contributed by atoms with Crippen molar-refractivity contribution in [3.8, 4) is 22.9 Å². The molecule has 0 saturated heterocycles. The van der Waals surface area contributed by atoms with Crippen LogP contribution in [0.5, 0.6) is 5.75 Å². The lowest BCUT2D eigenvalue weighted by Gasteiger charge is -2.17. The van der Waals surface area contributed by atoms with E-state index in [2.05, 4.69) is 11.1 Å². The van der Waals surface area contributed by atoms with Gasteiger partial charge >= 0.3 is 0 Å². The average molecular weight is 306 g/mol. The number of hydrogen-bond acceptors (Lipinski definition) is 4. The van der Waals surface area contributed by atoms with Gasteiger partial charge in [-0.05, 0) is 43.5 Å². The Bertz CT molecular complexity index is 756. The van der Waals surface area contributed by atoms with Gasteiger partial charge in [-0.3, -0.25) is 4.98 Å². The Kier molecular flexibility index (Phi) is 4.12. The molecule has 1 aromatic heterocycles. The van der Waals surface area contributed by atoms with Gasteiger partial charge < -0.3 is 9.53 Å². The number of nitriles is 1. The Morgan fingerprint density at radius 2 is 2.04 bits per heavy atom. The minimum Gasteiger partial charge on any atom is -0.492 e. The van der Waals surface area contributed by atoms with E-state index in [9.17, 15) is 4.79 Å². The number of pyridine rings is 1. The molecule has 0 N–H and O–H groups in total. The molecule has 0 radical (unpaired) electrons. The monoisotopic (exact) mass is 306 g/mol. The number of nitrogens with zero attached hydrogens (tertiary/aromatic N) is 2. The molecule has 1 aliphatic rings. The summed E-state index contributed by atoms with van der Waals surface area (Å²) < 4.78 is 6.02. The molecule has 0 spiro atoms. The zero-order valence-corrected chi connectivity index (χ0v) is 13.1. The second-order valence-corrected chi connectivity index (χ2v) is 6.23. The van der Waals surface area contributed by atoms with Gasteiger partial charge in [0.2, 0.25) is 0 Å². The highest BCUT2D eigenvalue weighted by Crippen LogP contribution is 2.49. The van der Waals surface area contributed by atoms with Crippen LogP contribution in [0.3, 0.4) is 0 Å². The first-order valence-corrected chi connectivity index (χ1v) is 7.69. The van der Waals surface area contributed by atoms with Crippen LogP contribution in [0.1, 0.15) is 31.7 Å². The highest BCUT2D eigenvalue weighted by Gasteiger charge is 2.44. The molecule has 0 aliphatic heterocycles. The van der Waals surface area contributed by atoms with Crippen LogP contribution < -0.4 is 4.74 Å². The Morgan fingerprint density at radius 1 is 1.30 bits per heavy atom. The molecule has 2 aromatic rings. The third kappa shape index (κ3) is 3.57. The average Bonchev–Trinajstić information content (AvgIpc) is 3.32. The fraction of sp³-hybridized carbons (Fsp3) is 0.316. The number of carbonyl (C=O) groups excluding carboxylic acids is 1. The molecule has 3 rings (SSSR count). The van der Waals surface area contributed by atoms with E-state index >= 15 is 0 Å². The molecule has 0 bridgehead atoms. The van der Waals surface area contributed by atoms with E-state index in [1.165, 1.54) is 0 Å². The number of Topliss-reactive ketones (excluding diaryl/α,β-unsaturated/α-hetero) is 1. The summed E-state index contributed by atoms with van der Waals surface area (Å²) in [6.07, 6.45) is 6.15. The van der Waals surface area contributed by atoms with Crippen molar-refractivity contribution in [1.29, 1.82) is 5.26 Å². The van der Waals surface area contributed by atoms with Crippen LogP contribution in [0.25, 0.3) is 11.1 Å². The molecular formula is C19H18N2O2. The normalized spacial score (nSPS) is 14.8. The molecule has 1 aliphatic carbocycles. The van der Waals surface area contributed by atoms with E-state index in [0.29, 0.717) is 18.6 Å². The third-order valence-electron chi connectivity index (χ3n) is 4.22. The SMILES string of the molecule is CC(=O)CC1(COc2ccncc2-c2ccc(C#N)cc2)CC1. The van der Waals surface area contributed by atoms with Crippen molar-refractivity contribution in [3.63, 3.8) is 0 Å².